The molecule has 0 saturated heterocycles. The van der Waals surface area contributed by atoms with Crippen LogP contribution in [0.15, 0.2) is 91.3 Å². The number of ether oxygens (including phenoxy) is 1. The van der Waals surface area contributed by atoms with Crippen LogP contribution in [0.1, 0.15) is 33.4 Å². The van der Waals surface area contributed by atoms with E-state index in [0.717, 1.165) is 31.7 Å². The lowest BCUT2D eigenvalue weighted by molar-refractivity contribution is -0.689. The molecule has 0 atom stereocenters. The second-order valence-corrected chi connectivity index (χ2v) is 11.7. The van der Waals surface area contributed by atoms with E-state index in [0.29, 0.717) is 0 Å². The lowest BCUT2D eigenvalue weighted by Gasteiger charge is -2.27. The van der Waals surface area contributed by atoms with Crippen LogP contribution in [-0.4, -0.2) is 7.11 Å². The van der Waals surface area contributed by atoms with Gasteiger partial charge in [0.25, 0.3) is 0 Å². The third-order valence-corrected chi connectivity index (χ3v) is 9.56. The Bertz CT molecular complexity index is 2100. The van der Waals surface area contributed by atoms with Gasteiger partial charge in [-0.2, -0.15) is 9.13 Å². The number of hydrogen-bond donors (Lipinski definition) is 0. The standard InChI is InChI=1S/C39H34N2O/c1-25-26(2)34-17-21-41-19-15-29-6-4-5-7-35(29)39(41)38(34)37-33(25)16-20-40-18-14-28(23-36(37)40)9-8-27-10-11-31-24-32(42-3)13-12-30(31)22-27/h4-15,18-19,22-24H,16-17,20-21H2,1-3H3/q+2/b9-8+. The second-order valence-electron chi connectivity index (χ2n) is 11.7. The van der Waals surface area contributed by atoms with Crippen LogP contribution in [0.2, 0.25) is 0 Å². The van der Waals surface area contributed by atoms with Crippen molar-refractivity contribution in [2.45, 2.75) is 39.8 Å². The van der Waals surface area contributed by atoms with Gasteiger partial charge in [0.05, 0.1) is 23.6 Å². The van der Waals surface area contributed by atoms with E-state index in [4.69, 9.17) is 4.74 Å². The first-order valence-corrected chi connectivity index (χ1v) is 15.0. The number of hydrogen-bond acceptors (Lipinski definition) is 1. The van der Waals surface area contributed by atoms with Crippen molar-refractivity contribution in [3.63, 3.8) is 0 Å². The summed E-state index contributed by atoms with van der Waals surface area (Å²) >= 11 is 0. The van der Waals surface area contributed by atoms with Gasteiger partial charge in [-0.25, -0.2) is 0 Å². The minimum absolute atomic E-state index is 0.888. The van der Waals surface area contributed by atoms with Crippen molar-refractivity contribution >= 4 is 33.7 Å². The van der Waals surface area contributed by atoms with Crippen LogP contribution >= 0.6 is 0 Å². The molecule has 0 fully saturated rings. The quantitative estimate of drug-likeness (QED) is 0.207. The highest BCUT2D eigenvalue weighted by atomic mass is 16.5. The zero-order valence-corrected chi connectivity index (χ0v) is 24.4. The van der Waals surface area contributed by atoms with Crippen molar-refractivity contribution in [3.8, 4) is 28.3 Å². The fourth-order valence-corrected chi connectivity index (χ4v) is 7.21. The summed E-state index contributed by atoms with van der Waals surface area (Å²) in [6, 6.07) is 28.6. The molecule has 6 aromatic rings. The van der Waals surface area contributed by atoms with Crippen LogP contribution < -0.4 is 13.9 Å². The van der Waals surface area contributed by atoms with Crippen molar-refractivity contribution in [3.05, 3.63) is 125 Å². The predicted molar refractivity (Wildman–Crippen MR) is 172 cm³/mol. The second kappa shape index (κ2) is 9.66. The van der Waals surface area contributed by atoms with E-state index in [-0.39, 0.29) is 0 Å². The van der Waals surface area contributed by atoms with Crippen molar-refractivity contribution < 1.29 is 13.9 Å². The summed E-state index contributed by atoms with van der Waals surface area (Å²) in [5, 5.41) is 5.05. The monoisotopic (exact) mass is 546 g/mol. The Hall–Kier alpha value is -4.76. The molecule has 4 heterocycles. The Morgan fingerprint density at radius 1 is 0.643 bits per heavy atom. The topological polar surface area (TPSA) is 17.0 Å². The van der Waals surface area contributed by atoms with Crippen molar-refractivity contribution in [2.75, 3.05) is 7.11 Å². The molecule has 2 aliphatic rings. The van der Waals surface area contributed by atoms with E-state index < -0.39 is 0 Å². The van der Waals surface area contributed by atoms with Crippen molar-refractivity contribution in [2.24, 2.45) is 0 Å². The number of fused-ring (bicyclic) bond motifs is 10. The summed E-state index contributed by atoms with van der Waals surface area (Å²) in [7, 11) is 1.71. The van der Waals surface area contributed by atoms with Gasteiger partial charge in [0.1, 0.15) is 5.75 Å². The van der Waals surface area contributed by atoms with Crippen LogP contribution in [0.3, 0.4) is 0 Å². The SMILES string of the molecule is COc1ccc2cc(/C=C/c3cc[n+]4c(c3)-c3c(c(C)c(C)c5c3-c3c6ccccc6cc[n+]3CC5)CC4)ccc2c1. The van der Waals surface area contributed by atoms with Crippen LogP contribution in [0.25, 0.3) is 56.2 Å². The van der Waals surface area contributed by atoms with Crippen LogP contribution in [0.5, 0.6) is 5.75 Å². The highest BCUT2D eigenvalue weighted by molar-refractivity contribution is 5.99. The molecule has 3 heteroatoms. The number of benzene rings is 4. The summed E-state index contributed by atoms with van der Waals surface area (Å²) < 4.78 is 10.3. The average Bonchev–Trinajstić information content (AvgIpc) is 3.04. The first-order chi connectivity index (χ1) is 20.6. The summed E-state index contributed by atoms with van der Waals surface area (Å²) in [6.45, 7) is 6.72. The molecule has 0 bridgehead atoms. The number of methoxy groups -OCH3 is 1. The molecule has 8 rings (SSSR count). The average molecular weight is 547 g/mol. The first kappa shape index (κ1) is 25.0. The van der Waals surface area contributed by atoms with Gasteiger partial charge in [0, 0.05) is 31.0 Å². The summed E-state index contributed by atoms with van der Waals surface area (Å²) in [4.78, 5) is 0. The molecule has 2 aliphatic heterocycles. The molecule has 0 N–H and O–H groups in total. The Morgan fingerprint density at radius 3 is 2.17 bits per heavy atom. The molecular formula is C39H34N2O+2. The van der Waals surface area contributed by atoms with Gasteiger partial charge in [0.15, 0.2) is 25.5 Å². The number of nitrogens with zero attached hydrogens (tertiary/aromatic N) is 2. The van der Waals surface area contributed by atoms with E-state index in [9.17, 15) is 0 Å². The molecule has 4 aromatic carbocycles. The maximum atomic E-state index is 5.40. The van der Waals surface area contributed by atoms with Gasteiger partial charge in [0.2, 0.25) is 11.4 Å². The molecule has 0 spiro atoms. The largest absolute Gasteiger partial charge is 0.497 e. The number of aryl methyl sites for hydroxylation is 2. The Labute approximate surface area is 247 Å². The normalized spacial score (nSPS) is 13.6. The van der Waals surface area contributed by atoms with Crippen LogP contribution in [0.4, 0.5) is 0 Å². The molecule has 204 valence electrons. The summed E-state index contributed by atoms with van der Waals surface area (Å²) in [5.41, 5.74) is 14.0. The maximum absolute atomic E-state index is 5.40. The van der Waals surface area contributed by atoms with Gasteiger partial charge in [-0.15, -0.1) is 0 Å². The van der Waals surface area contributed by atoms with Gasteiger partial charge >= 0.3 is 0 Å². The molecule has 0 radical (unpaired) electrons. The Kier molecular flexibility index (Phi) is 5.75. The Balaban J connectivity index is 1.29. The molecule has 0 saturated carbocycles. The third kappa shape index (κ3) is 3.88. The fourth-order valence-electron chi connectivity index (χ4n) is 7.21. The molecule has 0 unspecified atom stereocenters. The minimum Gasteiger partial charge on any atom is -0.497 e. The van der Waals surface area contributed by atoms with E-state index >= 15 is 0 Å². The first-order valence-electron chi connectivity index (χ1n) is 15.0. The lowest BCUT2D eigenvalue weighted by Crippen LogP contribution is -2.43. The molecule has 2 aromatic heterocycles. The molecule has 0 aliphatic carbocycles. The lowest BCUT2D eigenvalue weighted by atomic mass is 9.79. The molecule has 3 nitrogen and oxygen atoms in total. The summed E-state index contributed by atoms with van der Waals surface area (Å²) in [5.74, 6) is 0.888. The zero-order valence-electron chi connectivity index (χ0n) is 24.4. The number of pyridine rings is 2. The van der Waals surface area contributed by atoms with Crippen LogP contribution in [0, 0.1) is 13.8 Å². The molecular weight excluding hydrogens is 512 g/mol. The van der Waals surface area contributed by atoms with Crippen molar-refractivity contribution in [1.29, 1.82) is 0 Å². The smallest absolute Gasteiger partial charge is 0.221 e. The Morgan fingerprint density at radius 2 is 1.33 bits per heavy atom. The molecule has 42 heavy (non-hydrogen) atoms. The molecule has 0 amide bonds. The highest BCUT2D eigenvalue weighted by Crippen LogP contribution is 2.44. The van der Waals surface area contributed by atoms with E-state index in [2.05, 4.69) is 120 Å². The number of aromatic nitrogens is 2. The number of rotatable bonds is 3. The van der Waals surface area contributed by atoms with E-state index in [1.807, 2.05) is 6.07 Å². The van der Waals surface area contributed by atoms with E-state index in [1.165, 1.54) is 77.4 Å². The predicted octanol–water partition coefficient (Wildman–Crippen LogP) is 7.81. The third-order valence-electron chi connectivity index (χ3n) is 9.56. The van der Waals surface area contributed by atoms with Crippen molar-refractivity contribution in [1.82, 2.24) is 0 Å². The van der Waals surface area contributed by atoms with E-state index in [1.54, 1.807) is 7.11 Å². The zero-order chi connectivity index (χ0) is 28.4. The van der Waals surface area contributed by atoms with Gasteiger partial charge in [-0.05, 0) is 87.7 Å². The van der Waals surface area contributed by atoms with Gasteiger partial charge in [-0.3, -0.25) is 0 Å². The highest BCUT2D eigenvalue weighted by Gasteiger charge is 2.37. The summed E-state index contributed by atoms with van der Waals surface area (Å²) in [6.07, 6.45) is 11.2. The fraction of sp³-hybridized carbons (Fsp3) is 0.179. The van der Waals surface area contributed by atoms with Gasteiger partial charge in [-0.1, -0.05) is 48.6 Å². The van der Waals surface area contributed by atoms with Gasteiger partial charge < -0.3 is 4.74 Å². The maximum Gasteiger partial charge on any atom is 0.221 e. The minimum atomic E-state index is 0.888. The van der Waals surface area contributed by atoms with Crippen LogP contribution in [-0.2, 0) is 25.9 Å².